The molecule has 0 aliphatic carbocycles. The van der Waals surface area contributed by atoms with Crippen LogP contribution >= 0.6 is 11.8 Å². The Morgan fingerprint density at radius 2 is 1.88 bits per heavy atom. The fraction of sp³-hybridized carbons (Fsp3) is 0.316. The van der Waals surface area contributed by atoms with Crippen molar-refractivity contribution in [3.8, 4) is 0 Å². The lowest BCUT2D eigenvalue weighted by atomic mass is 10.0. The highest BCUT2D eigenvalue weighted by molar-refractivity contribution is 8.00. The van der Waals surface area contributed by atoms with Crippen molar-refractivity contribution >= 4 is 41.7 Å². The smallest absolute Gasteiger partial charge is 0.477 e. The number of alkyl halides is 3. The predicted molar refractivity (Wildman–Crippen MR) is 112 cm³/mol. The molecule has 1 fully saturated rings. The lowest BCUT2D eigenvalue weighted by Crippen LogP contribution is -2.71. The molecule has 15 heteroatoms. The molecule has 34 heavy (non-hydrogen) atoms. The largest absolute Gasteiger partial charge is 0.490 e. The van der Waals surface area contributed by atoms with Gasteiger partial charge in [-0.1, -0.05) is 35.5 Å². The summed E-state index contributed by atoms with van der Waals surface area (Å²) in [4.78, 5) is 51.2. The second kappa shape index (κ2) is 11.0. The first kappa shape index (κ1) is 26.7. The van der Waals surface area contributed by atoms with Crippen LogP contribution in [0.1, 0.15) is 11.6 Å². The van der Waals surface area contributed by atoms with Gasteiger partial charge >= 0.3 is 18.1 Å². The molecule has 3 rings (SSSR count). The molecule has 1 aromatic rings. The molecule has 0 aromatic heterocycles. The first-order valence-electron chi connectivity index (χ1n) is 9.28. The average Bonchev–Trinajstić information content (AvgIpc) is 2.79. The fourth-order valence-corrected chi connectivity index (χ4v) is 4.21. The first-order chi connectivity index (χ1) is 15.9. The van der Waals surface area contributed by atoms with Gasteiger partial charge in [0.1, 0.15) is 30.3 Å². The van der Waals surface area contributed by atoms with E-state index in [1.165, 1.54) is 25.1 Å². The monoisotopic (exact) mass is 504 g/mol. The van der Waals surface area contributed by atoms with Crippen LogP contribution in [0, 0.1) is 0 Å². The Labute approximate surface area is 194 Å². The molecular formula is C19H19F3N4O7S. The molecule has 1 saturated heterocycles. The number of carbonyl (C=O) groups excluding carboxylic acids is 2. The molecule has 1 unspecified atom stereocenters. The van der Waals surface area contributed by atoms with Gasteiger partial charge in [-0.2, -0.15) is 13.2 Å². The third-order valence-electron chi connectivity index (χ3n) is 4.50. The molecule has 2 amide bonds. The van der Waals surface area contributed by atoms with Crippen LogP contribution in [0.25, 0.3) is 0 Å². The van der Waals surface area contributed by atoms with Crippen LogP contribution in [-0.2, 0) is 24.0 Å². The third kappa shape index (κ3) is 6.05. The number of fused-ring (bicyclic) bond motifs is 1. The minimum absolute atomic E-state index is 0.151. The zero-order valence-corrected chi connectivity index (χ0v) is 18.2. The van der Waals surface area contributed by atoms with Crippen molar-refractivity contribution in [2.24, 2.45) is 10.9 Å². The van der Waals surface area contributed by atoms with Crippen LogP contribution in [0.4, 0.5) is 13.2 Å². The summed E-state index contributed by atoms with van der Waals surface area (Å²) in [5.41, 5.74) is 6.79. The van der Waals surface area contributed by atoms with Crippen molar-refractivity contribution in [2.45, 2.75) is 23.6 Å². The van der Waals surface area contributed by atoms with E-state index >= 15 is 0 Å². The number of carboxylic acid groups (broad SMARTS) is 2. The average molecular weight is 504 g/mol. The topological polar surface area (TPSA) is 172 Å². The molecule has 1 aromatic carbocycles. The van der Waals surface area contributed by atoms with Gasteiger partial charge in [0, 0.05) is 11.3 Å². The fourth-order valence-electron chi connectivity index (χ4n) is 2.91. The number of amides is 2. The van der Waals surface area contributed by atoms with Crippen molar-refractivity contribution in [3.05, 3.63) is 47.2 Å². The van der Waals surface area contributed by atoms with Crippen LogP contribution in [0.15, 0.2) is 46.8 Å². The number of oxime groups is 1. The summed E-state index contributed by atoms with van der Waals surface area (Å²) in [6.45, 7) is 0. The van der Waals surface area contributed by atoms with Crippen LogP contribution in [0.3, 0.4) is 0 Å². The Hall–Kier alpha value is -3.59. The number of halogens is 3. The minimum atomic E-state index is -5.08. The van der Waals surface area contributed by atoms with Crippen LogP contribution < -0.4 is 11.1 Å². The van der Waals surface area contributed by atoms with Gasteiger partial charge in [0.05, 0.1) is 6.21 Å². The molecule has 0 bridgehead atoms. The Kier molecular flexibility index (Phi) is 8.64. The van der Waals surface area contributed by atoms with E-state index in [4.69, 9.17) is 15.6 Å². The molecule has 0 spiro atoms. The van der Waals surface area contributed by atoms with Gasteiger partial charge < -0.3 is 26.1 Å². The summed E-state index contributed by atoms with van der Waals surface area (Å²) in [5.74, 6) is -4.67. The lowest BCUT2D eigenvalue weighted by molar-refractivity contribution is -0.192. The molecule has 2 heterocycles. The number of carbonyl (C=O) groups is 4. The number of carboxylic acids is 2. The molecule has 2 aliphatic heterocycles. The van der Waals surface area contributed by atoms with Crippen LogP contribution in [0.2, 0.25) is 0 Å². The number of nitrogens with one attached hydrogen (secondary N) is 1. The maximum Gasteiger partial charge on any atom is 0.490 e. The Balaban J connectivity index is 0.000000509. The maximum atomic E-state index is 12.5. The third-order valence-corrected chi connectivity index (χ3v) is 5.80. The van der Waals surface area contributed by atoms with Crippen molar-refractivity contribution in [3.63, 3.8) is 0 Å². The lowest BCUT2D eigenvalue weighted by Gasteiger charge is -2.49. The molecule has 2 aliphatic rings. The van der Waals surface area contributed by atoms with Crippen molar-refractivity contribution in [2.75, 3.05) is 12.9 Å². The Bertz CT molecular complexity index is 1020. The maximum absolute atomic E-state index is 12.5. The van der Waals surface area contributed by atoms with Gasteiger partial charge in [-0.3, -0.25) is 14.5 Å². The number of hydrogen-bond donors (Lipinski definition) is 4. The van der Waals surface area contributed by atoms with E-state index in [2.05, 4.69) is 15.3 Å². The zero-order chi connectivity index (χ0) is 25.6. The van der Waals surface area contributed by atoms with E-state index in [1.807, 2.05) is 6.07 Å². The second-order valence-corrected chi connectivity index (χ2v) is 7.79. The van der Waals surface area contributed by atoms with E-state index in [0.717, 1.165) is 4.90 Å². The standard InChI is InChI=1S/C17H18N4O5S.C2HF3O2/c1-26-19-7-10-8-27-16-12(15(23)21(16)13(10)17(24)25)20-14(22)11(18)9-5-3-2-4-6-9;3-2(4,5)1(6)7/h2-7,11-12,16H,8,18H2,1H3,(H,20,22)(H,24,25);(H,6,7)/t11-,12?,16-;/m0./s1. The number of thioether (sulfide) groups is 1. The summed E-state index contributed by atoms with van der Waals surface area (Å²) >= 11 is 1.34. The number of rotatable bonds is 6. The van der Waals surface area contributed by atoms with E-state index in [0.29, 0.717) is 16.9 Å². The predicted octanol–water partition coefficient (Wildman–Crippen LogP) is 0.691. The van der Waals surface area contributed by atoms with Crippen molar-refractivity contribution in [1.29, 1.82) is 0 Å². The van der Waals surface area contributed by atoms with Gasteiger partial charge in [-0.25, -0.2) is 9.59 Å². The molecule has 184 valence electrons. The van der Waals surface area contributed by atoms with Gasteiger partial charge in [-0.05, 0) is 5.56 Å². The van der Waals surface area contributed by atoms with E-state index in [9.17, 15) is 32.7 Å². The van der Waals surface area contributed by atoms with Crippen molar-refractivity contribution < 1.29 is 47.4 Å². The summed E-state index contributed by atoms with van der Waals surface area (Å²) in [6, 6.07) is 7.05. The van der Waals surface area contributed by atoms with Gasteiger partial charge in [-0.15, -0.1) is 11.8 Å². The van der Waals surface area contributed by atoms with Gasteiger partial charge in [0.25, 0.3) is 5.91 Å². The van der Waals surface area contributed by atoms with E-state index in [1.54, 1.807) is 24.3 Å². The summed E-state index contributed by atoms with van der Waals surface area (Å²) < 4.78 is 31.7. The van der Waals surface area contributed by atoms with E-state index < -0.39 is 47.4 Å². The molecule has 3 atom stereocenters. The minimum Gasteiger partial charge on any atom is -0.477 e. The molecule has 0 saturated carbocycles. The molecular weight excluding hydrogens is 485 g/mol. The first-order valence-corrected chi connectivity index (χ1v) is 10.3. The summed E-state index contributed by atoms with van der Waals surface area (Å²) in [6.07, 6.45) is -3.81. The molecule has 5 N–H and O–H groups in total. The van der Waals surface area contributed by atoms with Gasteiger partial charge in [0.2, 0.25) is 5.91 Å². The number of nitrogens with zero attached hydrogens (tertiary/aromatic N) is 2. The summed E-state index contributed by atoms with van der Waals surface area (Å²) in [7, 11) is 1.34. The second-order valence-electron chi connectivity index (χ2n) is 6.68. The van der Waals surface area contributed by atoms with Crippen LogP contribution in [-0.4, -0.2) is 75.5 Å². The van der Waals surface area contributed by atoms with E-state index in [-0.39, 0.29) is 5.70 Å². The Morgan fingerprint density at radius 1 is 1.29 bits per heavy atom. The normalized spacial score (nSPS) is 20.5. The van der Waals surface area contributed by atoms with Crippen molar-refractivity contribution in [1.82, 2.24) is 10.2 Å². The quantitative estimate of drug-likeness (QED) is 0.247. The Morgan fingerprint density at radius 3 is 2.38 bits per heavy atom. The highest BCUT2D eigenvalue weighted by Gasteiger charge is 2.54. The number of β-lactam (4-membered cyclic amide) rings is 1. The SMILES string of the molecule is CON=CC1=C(C(=O)O)N2C(=O)C(NC(=O)[C@@H](N)c3ccccc3)[C@@H]2SC1.O=C(O)C(F)(F)F. The highest BCUT2D eigenvalue weighted by Crippen LogP contribution is 2.40. The molecule has 0 radical (unpaired) electrons. The highest BCUT2D eigenvalue weighted by atomic mass is 32.2. The number of benzene rings is 1. The number of aliphatic carboxylic acids is 2. The number of nitrogens with two attached hydrogens (primary N) is 1. The van der Waals surface area contributed by atoms with Crippen LogP contribution in [0.5, 0.6) is 0 Å². The summed E-state index contributed by atoms with van der Waals surface area (Å²) in [5, 5.41) is 22.3. The number of hydrogen-bond acceptors (Lipinski definition) is 8. The zero-order valence-electron chi connectivity index (χ0n) is 17.4. The molecule has 11 nitrogen and oxygen atoms in total. The van der Waals surface area contributed by atoms with Gasteiger partial charge in [0.15, 0.2) is 0 Å².